The van der Waals surface area contributed by atoms with Crippen molar-refractivity contribution < 1.29 is 18.3 Å². The number of nitrogens with two attached hydrogens (primary N) is 1. The lowest BCUT2D eigenvalue weighted by Gasteiger charge is -2.26. The average molecular weight is 482 g/mol. The third-order valence-electron chi connectivity index (χ3n) is 5.96. The number of methoxy groups -OCH3 is 1. The van der Waals surface area contributed by atoms with E-state index in [1.54, 1.807) is 19.4 Å². The number of amides is 1. The van der Waals surface area contributed by atoms with Crippen LogP contribution in [0.3, 0.4) is 0 Å². The molecule has 0 radical (unpaired) electrons. The summed E-state index contributed by atoms with van der Waals surface area (Å²) in [5.41, 5.74) is 8.99. The molecular weight excluding hydrogens is 452 g/mol. The van der Waals surface area contributed by atoms with E-state index in [-0.39, 0.29) is 13.0 Å². The first-order valence-corrected chi connectivity index (χ1v) is 11.5. The molecule has 1 aliphatic rings. The van der Waals surface area contributed by atoms with Crippen LogP contribution in [0.15, 0.2) is 54.7 Å². The van der Waals surface area contributed by atoms with Gasteiger partial charge in [0.05, 0.1) is 19.1 Å². The van der Waals surface area contributed by atoms with Crippen molar-refractivity contribution in [3.05, 3.63) is 77.5 Å². The molecule has 1 amide bonds. The van der Waals surface area contributed by atoms with Gasteiger partial charge >= 0.3 is 0 Å². The first-order chi connectivity index (χ1) is 16.9. The van der Waals surface area contributed by atoms with Crippen LogP contribution in [0.25, 0.3) is 0 Å². The van der Waals surface area contributed by atoms with Crippen LogP contribution in [0.5, 0.6) is 0 Å². The molecule has 2 aromatic carbocycles. The van der Waals surface area contributed by atoms with Crippen molar-refractivity contribution in [1.29, 1.82) is 0 Å². The molecular formula is C26H29F2N5O2. The maximum Gasteiger partial charge on any atom is 0.221 e. The molecule has 4 N–H and O–H groups in total. The van der Waals surface area contributed by atoms with Crippen molar-refractivity contribution in [3.8, 4) is 0 Å². The molecule has 0 aliphatic carbocycles. The predicted molar refractivity (Wildman–Crippen MR) is 133 cm³/mol. The predicted octanol–water partition coefficient (Wildman–Crippen LogP) is 4.36. The Morgan fingerprint density at radius 1 is 1.17 bits per heavy atom. The van der Waals surface area contributed by atoms with E-state index in [1.165, 1.54) is 12.1 Å². The van der Waals surface area contributed by atoms with E-state index in [1.807, 2.05) is 12.1 Å². The number of nitrogens with zero attached hydrogens (tertiary/aromatic N) is 2. The minimum atomic E-state index is -0.651. The third kappa shape index (κ3) is 6.45. The van der Waals surface area contributed by atoms with Crippen LogP contribution in [0, 0.1) is 11.6 Å². The van der Waals surface area contributed by atoms with Gasteiger partial charge in [-0.15, -0.1) is 0 Å². The molecule has 184 valence electrons. The van der Waals surface area contributed by atoms with Gasteiger partial charge in [0.1, 0.15) is 17.5 Å². The number of primary amides is 1. The number of hydrogen-bond donors (Lipinski definition) is 3. The first-order valence-electron chi connectivity index (χ1n) is 11.5. The zero-order valence-electron chi connectivity index (χ0n) is 19.6. The van der Waals surface area contributed by atoms with Crippen LogP contribution in [-0.2, 0) is 22.5 Å². The average Bonchev–Trinajstić information content (AvgIpc) is 3.27. The van der Waals surface area contributed by atoms with Gasteiger partial charge in [-0.1, -0.05) is 0 Å². The Bertz CT molecular complexity index is 1150. The molecule has 0 saturated carbocycles. The number of benzene rings is 2. The summed E-state index contributed by atoms with van der Waals surface area (Å²) >= 11 is 0. The van der Waals surface area contributed by atoms with Crippen molar-refractivity contribution in [2.75, 3.05) is 35.8 Å². The van der Waals surface area contributed by atoms with Gasteiger partial charge in [-0.25, -0.2) is 13.8 Å². The summed E-state index contributed by atoms with van der Waals surface area (Å²) in [5.74, 6) is -1.25. The Kier molecular flexibility index (Phi) is 7.77. The molecule has 2 heterocycles. The van der Waals surface area contributed by atoms with Gasteiger partial charge < -0.3 is 26.0 Å². The summed E-state index contributed by atoms with van der Waals surface area (Å²) in [6.07, 6.45) is 3.82. The van der Waals surface area contributed by atoms with Crippen molar-refractivity contribution >= 4 is 28.8 Å². The maximum atomic E-state index is 13.5. The number of pyridine rings is 1. The molecule has 7 nitrogen and oxygen atoms in total. The largest absolute Gasteiger partial charge is 0.383 e. The quantitative estimate of drug-likeness (QED) is 0.399. The summed E-state index contributed by atoms with van der Waals surface area (Å²) in [7, 11) is 1.73. The number of halogens is 2. The lowest BCUT2D eigenvalue weighted by molar-refractivity contribution is -0.117. The van der Waals surface area contributed by atoms with Gasteiger partial charge in [0.2, 0.25) is 5.91 Å². The highest BCUT2D eigenvalue weighted by atomic mass is 19.1. The molecule has 0 spiro atoms. The third-order valence-corrected chi connectivity index (χ3v) is 5.96. The molecule has 1 atom stereocenters. The van der Waals surface area contributed by atoms with Gasteiger partial charge in [0.15, 0.2) is 0 Å². The zero-order valence-corrected chi connectivity index (χ0v) is 19.6. The summed E-state index contributed by atoms with van der Waals surface area (Å²) in [5, 5.41) is 6.40. The molecule has 1 fully saturated rings. The van der Waals surface area contributed by atoms with E-state index >= 15 is 0 Å². The number of carbonyl (C=O) groups is 1. The summed E-state index contributed by atoms with van der Waals surface area (Å²) < 4.78 is 32.4. The fraction of sp³-hybridized carbons (Fsp3) is 0.308. The van der Waals surface area contributed by atoms with Crippen molar-refractivity contribution in [1.82, 2.24) is 4.98 Å². The monoisotopic (exact) mass is 481 g/mol. The fourth-order valence-electron chi connectivity index (χ4n) is 4.38. The summed E-state index contributed by atoms with van der Waals surface area (Å²) in [4.78, 5) is 18.3. The van der Waals surface area contributed by atoms with Crippen LogP contribution in [0.4, 0.5) is 31.7 Å². The molecule has 1 aromatic heterocycles. The molecule has 1 aliphatic heterocycles. The topological polar surface area (TPSA) is 92.5 Å². The lowest BCUT2D eigenvalue weighted by atomic mass is 10.1. The minimum absolute atomic E-state index is 0.0136. The fourth-order valence-corrected chi connectivity index (χ4v) is 4.38. The number of nitrogens with one attached hydrogen (secondary N) is 2. The van der Waals surface area contributed by atoms with Crippen LogP contribution in [0.2, 0.25) is 0 Å². The van der Waals surface area contributed by atoms with Crippen molar-refractivity contribution in [3.63, 3.8) is 0 Å². The Labute approximate surface area is 203 Å². The Hall–Kier alpha value is -3.72. The van der Waals surface area contributed by atoms with E-state index in [0.29, 0.717) is 35.3 Å². The Morgan fingerprint density at radius 2 is 1.91 bits per heavy atom. The molecule has 9 heteroatoms. The minimum Gasteiger partial charge on any atom is -0.383 e. The van der Waals surface area contributed by atoms with Crippen LogP contribution < -0.4 is 21.3 Å². The second-order valence-corrected chi connectivity index (χ2v) is 8.62. The Morgan fingerprint density at radius 3 is 2.60 bits per heavy atom. The zero-order chi connectivity index (χ0) is 24.8. The number of carbonyl (C=O) groups excluding carboxylic acids is 1. The highest BCUT2D eigenvalue weighted by Crippen LogP contribution is 2.28. The molecule has 3 aromatic rings. The molecule has 35 heavy (non-hydrogen) atoms. The summed E-state index contributed by atoms with van der Waals surface area (Å²) in [6.45, 7) is 1.88. The maximum absolute atomic E-state index is 13.5. The standard InChI is InChI=1S/C26H29F2N5O2/c1-35-16-23-3-2-8-33(23)22-6-4-21(5-7-22)32-26-13-24(18(15-31-26)11-25(29)34)30-14-17-9-19(27)12-20(28)10-17/h4-7,9-10,12-13,15,23H,2-3,8,11,14,16H2,1H3,(H2,29,34)(H2,30,31,32)/t23-/m1/s1. The van der Waals surface area contributed by atoms with Gasteiger partial charge in [0.25, 0.3) is 0 Å². The van der Waals surface area contributed by atoms with E-state index in [2.05, 4.69) is 32.7 Å². The number of anilines is 4. The molecule has 4 rings (SSSR count). The lowest BCUT2D eigenvalue weighted by Crippen LogP contribution is -2.32. The Balaban J connectivity index is 1.49. The van der Waals surface area contributed by atoms with Gasteiger partial charge in [0, 0.05) is 61.2 Å². The van der Waals surface area contributed by atoms with E-state index < -0.39 is 17.5 Å². The second kappa shape index (κ2) is 11.1. The van der Waals surface area contributed by atoms with Gasteiger partial charge in [-0.3, -0.25) is 4.79 Å². The van der Waals surface area contributed by atoms with Crippen LogP contribution >= 0.6 is 0 Å². The van der Waals surface area contributed by atoms with Crippen LogP contribution in [0.1, 0.15) is 24.0 Å². The SMILES string of the molecule is COC[C@H]1CCCN1c1ccc(Nc2cc(NCc3cc(F)cc(F)c3)c(CC(N)=O)cn2)cc1. The van der Waals surface area contributed by atoms with E-state index in [9.17, 15) is 13.6 Å². The normalized spacial score (nSPS) is 15.3. The van der Waals surface area contributed by atoms with E-state index in [4.69, 9.17) is 10.5 Å². The van der Waals surface area contributed by atoms with Gasteiger partial charge in [-0.05, 0) is 54.8 Å². The second-order valence-electron chi connectivity index (χ2n) is 8.62. The number of hydrogen-bond acceptors (Lipinski definition) is 6. The highest BCUT2D eigenvalue weighted by molar-refractivity contribution is 5.79. The molecule has 0 bridgehead atoms. The highest BCUT2D eigenvalue weighted by Gasteiger charge is 2.24. The number of ether oxygens (including phenoxy) is 1. The summed E-state index contributed by atoms with van der Waals surface area (Å²) in [6, 6.07) is 13.6. The molecule has 0 unspecified atom stereocenters. The van der Waals surface area contributed by atoms with E-state index in [0.717, 1.165) is 36.8 Å². The number of rotatable bonds is 10. The van der Waals surface area contributed by atoms with Crippen molar-refractivity contribution in [2.24, 2.45) is 5.73 Å². The van der Waals surface area contributed by atoms with Crippen LogP contribution in [-0.4, -0.2) is 37.2 Å². The van der Waals surface area contributed by atoms with Gasteiger partial charge in [-0.2, -0.15) is 0 Å². The number of aromatic nitrogens is 1. The smallest absolute Gasteiger partial charge is 0.221 e. The molecule has 1 saturated heterocycles. The van der Waals surface area contributed by atoms with Crippen molar-refractivity contribution in [2.45, 2.75) is 31.8 Å². The first kappa shape index (κ1) is 24.4.